The maximum atomic E-state index is 10.3. The van der Waals surface area contributed by atoms with E-state index in [-0.39, 0.29) is 12.0 Å². The van der Waals surface area contributed by atoms with Gasteiger partial charge in [-0.25, -0.2) is 0 Å². The Morgan fingerprint density at radius 2 is 1.88 bits per heavy atom. The number of ether oxygens (including phenoxy) is 1. The molecular formula is C15H22O2. The molecule has 0 aromatic heterocycles. The molecule has 0 aliphatic carbocycles. The Labute approximate surface area is 104 Å². The molecule has 1 aliphatic heterocycles. The molecule has 2 rings (SSSR count). The minimum atomic E-state index is -0.236. The van der Waals surface area contributed by atoms with Crippen LogP contribution < -0.4 is 0 Å². The maximum absolute atomic E-state index is 10.3. The summed E-state index contributed by atoms with van der Waals surface area (Å²) in [6, 6.07) is 10.3. The van der Waals surface area contributed by atoms with Gasteiger partial charge in [-0.2, -0.15) is 0 Å². The van der Waals surface area contributed by atoms with Crippen molar-refractivity contribution in [1.82, 2.24) is 0 Å². The number of aliphatic hydroxyl groups is 1. The Morgan fingerprint density at radius 1 is 1.24 bits per heavy atom. The maximum Gasteiger partial charge on any atom is 0.0608 e. The molecule has 1 saturated heterocycles. The van der Waals surface area contributed by atoms with Gasteiger partial charge in [-0.15, -0.1) is 0 Å². The Hall–Kier alpha value is -0.860. The average Bonchev–Trinajstić information content (AvgIpc) is 2.40. The summed E-state index contributed by atoms with van der Waals surface area (Å²) < 4.78 is 5.34. The first-order valence-electron chi connectivity index (χ1n) is 6.58. The van der Waals surface area contributed by atoms with Crippen LogP contribution >= 0.6 is 0 Å². The standard InChI is InChI=1S/C15H22O2/c1-12(14-5-3-2-4-6-14)15(16)11-13-7-9-17-10-8-13/h2-6,12-13,15-16H,7-11H2,1H3. The Morgan fingerprint density at radius 3 is 2.53 bits per heavy atom. The second-order valence-corrected chi connectivity index (χ2v) is 5.06. The van der Waals surface area contributed by atoms with Gasteiger partial charge in [0.25, 0.3) is 0 Å². The van der Waals surface area contributed by atoms with Gasteiger partial charge >= 0.3 is 0 Å². The van der Waals surface area contributed by atoms with Crippen LogP contribution in [0, 0.1) is 5.92 Å². The lowest BCUT2D eigenvalue weighted by molar-refractivity contribution is 0.0389. The molecule has 2 nitrogen and oxygen atoms in total. The molecule has 0 spiro atoms. The highest BCUT2D eigenvalue weighted by molar-refractivity contribution is 5.19. The molecule has 0 amide bonds. The highest BCUT2D eigenvalue weighted by Crippen LogP contribution is 2.27. The molecule has 94 valence electrons. The third-order valence-corrected chi connectivity index (χ3v) is 3.82. The van der Waals surface area contributed by atoms with Crippen molar-refractivity contribution in [2.75, 3.05) is 13.2 Å². The van der Waals surface area contributed by atoms with Crippen LogP contribution in [0.5, 0.6) is 0 Å². The number of benzene rings is 1. The van der Waals surface area contributed by atoms with Crippen LogP contribution in [0.3, 0.4) is 0 Å². The zero-order valence-corrected chi connectivity index (χ0v) is 10.5. The first-order chi connectivity index (χ1) is 8.27. The quantitative estimate of drug-likeness (QED) is 0.868. The molecule has 0 saturated carbocycles. The smallest absolute Gasteiger partial charge is 0.0608 e. The lowest BCUT2D eigenvalue weighted by Crippen LogP contribution is -2.24. The number of hydrogen-bond donors (Lipinski definition) is 1. The molecule has 1 aromatic rings. The summed E-state index contributed by atoms with van der Waals surface area (Å²) in [5.41, 5.74) is 1.23. The Kier molecular flexibility index (Phi) is 4.57. The average molecular weight is 234 g/mol. The summed E-state index contributed by atoms with van der Waals surface area (Å²) >= 11 is 0. The van der Waals surface area contributed by atoms with Gasteiger partial charge in [0.05, 0.1) is 6.10 Å². The zero-order valence-electron chi connectivity index (χ0n) is 10.5. The van der Waals surface area contributed by atoms with Gasteiger partial charge in [-0.3, -0.25) is 0 Å². The fourth-order valence-electron chi connectivity index (χ4n) is 2.51. The first kappa shape index (κ1) is 12.6. The van der Waals surface area contributed by atoms with Crippen molar-refractivity contribution in [2.45, 2.75) is 38.2 Å². The third-order valence-electron chi connectivity index (χ3n) is 3.82. The van der Waals surface area contributed by atoms with Crippen molar-refractivity contribution in [1.29, 1.82) is 0 Å². The molecule has 17 heavy (non-hydrogen) atoms. The van der Waals surface area contributed by atoms with Crippen molar-refractivity contribution in [3.8, 4) is 0 Å². The number of aliphatic hydroxyl groups excluding tert-OH is 1. The topological polar surface area (TPSA) is 29.5 Å². The highest BCUT2D eigenvalue weighted by atomic mass is 16.5. The largest absolute Gasteiger partial charge is 0.392 e. The Balaban J connectivity index is 1.88. The number of rotatable bonds is 4. The van der Waals surface area contributed by atoms with E-state index in [1.165, 1.54) is 5.56 Å². The predicted octanol–water partition coefficient (Wildman–Crippen LogP) is 2.97. The van der Waals surface area contributed by atoms with E-state index in [0.717, 1.165) is 32.5 Å². The molecule has 1 heterocycles. The van der Waals surface area contributed by atoms with Crippen molar-refractivity contribution >= 4 is 0 Å². The van der Waals surface area contributed by atoms with Crippen LogP contribution in [0.4, 0.5) is 0 Å². The van der Waals surface area contributed by atoms with E-state index in [2.05, 4.69) is 19.1 Å². The lowest BCUT2D eigenvalue weighted by Gasteiger charge is -2.27. The predicted molar refractivity (Wildman–Crippen MR) is 69.0 cm³/mol. The SMILES string of the molecule is CC(c1ccccc1)C(O)CC1CCOCC1. The summed E-state index contributed by atoms with van der Waals surface area (Å²) in [6.45, 7) is 3.83. The Bertz CT molecular complexity index is 317. The highest BCUT2D eigenvalue weighted by Gasteiger charge is 2.22. The molecule has 1 aliphatic rings. The molecule has 1 aromatic carbocycles. The van der Waals surface area contributed by atoms with E-state index >= 15 is 0 Å². The summed E-state index contributed by atoms with van der Waals surface area (Å²) in [7, 11) is 0. The first-order valence-corrected chi connectivity index (χ1v) is 6.58. The molecule has 2 heteroatoms. The molecule has 2 atom stereocenters. The second kappa shape index (κ2) is 6.18. The summed E-state index contributed by atoms with van der Waals surface area (Å²) in [6.07, 6.45) is 2.86. The van der Waals surface area contributed by atoms with E-state index in [1.807, 2.05) is 18.2 Å². The van der Waals surface area contributed by atoms with Gasteiger partial charge < -0.3 is 9.84 Å². The van der Waals surface area contributed by atoms with E-state index in [0.29, 0.717) is 5.92 Å². The van der Waals surface area contributed by atoms with Gasteiger partial charge in [0, 0.05) is 19.1 Å². The molecule has 2 unspecified atom stereocenters. The van der Waals surface area contributed by atoms with E-state index < -0.39 is 0 Å². The third kappa shape index (κ3) is 3.55. The van der Waals surface area contributed by atoms with Crippen LogP contribution in [0.25, 0.3) is 0 Å². The van der Waals surface area contributed by atoms with E-state index in [1.54, 1.807) is 0 Å². The van der Waals surface area contributed by atoms with E-state index in [9.17, 15) is 5.11 Å². The van der Waals surface area contributed by atoms with Crippen LogP contribution in [-0.4, -0.2) is 24.4 Å². The molecule has 1 fully saturated rings. The fourth-order valence-corrected chi connectivity index (χ4v) is 2.51. The molecule has 0 radical (unpaired) electrons. The minimum Gasteiger partial charge on any atom is -0.392 e. The van der Waals surface area contributed by atoms with Crippen LogP contribution in [-0.2, 0) is 4.74 Å². The summed E-state index contributed by atoms with van der Waals surface area (Å²) in [4.78, 5) is 0. The minimum absolute atomic E-state index is 0.221. The van der Waals surface area contributed by atoms with Crippen molar-refractivity contribution in [3.63, 3.8) is 0 Å². The van der Waals surface area contributed by atoms with Crippen molar-refractivity contribution in [2.24, 2.45) is 5.92 Å². The monoisotopic (exact) mass is 234 g/mol. The van der Waals surface area contributed by atoms with E-state index in [4.69, 9.17) is 4.74 Å². The normalized spacial score (nSPS) is 21.1. The van der Waals surface area contributed by atoms with Crippen molar-refractivity contribution < 1.29 is 9.84 Å². The zero-order chi connectivity index (χ0) is 12.1. The molecular weight excluding hydrogens is 212 g/mol. The van der Waals surface area contributed by atoms with Gasteiger partial charge in [0.2, 0.25) is 0 Å². The molecule has 0 bridgehead atoms. The van der Waals surface area contributed by atoms with Crippen LogP contribution in [0.15, 0.2) is 30.3 Å². The van der Waals surface area contributed by atoms with Gasteiger partial charge in [-0.1, -0.05) is 37.3 Å². The summed E-state index contributed by atoms with van der Waals surface area (Å²) in [5, 5.41) is 10.3. The molecule has 1 N–H and O–H groups in total. The van der Waals surface area contributed by atoms with Crippen molar-refractivity contribution in [3.05, 3.63) is 35.9 Å². The second-order valence-electron chi connectivity index (χ2n) is 5.06. The van der Waals surface area contributed by atoms with Crippen LogP contribution in [0.1, 0.15) is 37.7 Å². The number of hydrogen-bond acceptors (Lipinski definition) is 2. The lowest BCUT2D eigenvalue weighted by atomic mass is 9.86. The van der Waals surface area contributed by atoms with Gasteiger partial charge in [0.1, 0.15) is 0 Å². The van der Waals surface area contributed by atoms with Gasteiger partial charge in [0.15, 0.2) is 0 Å². The van der Waals surface area contributed by atoms with Gasteiger partial charge in [-0.05, 0) is 30.7 Å². The van der Waals surface area contributed by atoms with Crippen LogP contribution in [0.2, 0.25) is 0 Å². The fraction of sp³-hybridized carbons (Fsp3) is 0.600. The summed E-state index contributed by atoms with van der Waals surface area (Å²) in [5.74, 6) is 0.851.